The van der Waals surface area contributed by atoms with Crippen LogP contribution in [0, 0.1) is 5.41 Å². The topological polar surface area (TPSA) is 26.3 Å². The Bertz CT molecular complexity index is 366. The lowest BCUT2D eigenvalue weighted by Gasteiger charge is -2.27. The molecule has 0 heterocycles. The Kier molecular flexibility index (Phi) is 21.3. The van der Waals surface area contributed by atoms with Gasteiger partial charge in [0.2, 0.25) is 0 Å². The van der Waals surface area contributed by atoms with Crippen molar-refractivity contribution >= 4 is 5.97 Å². The third kappa shape index (κ3) is 17.2. The summed E-state index contributed by atoms with van der Waals surface area (Å²) in [6.07, 6.45) is 26.3. The van der Waals surface area contributed by atoms with E-state index in [0.29, 0.717) is 6.61 Å². The first-order valence-corrected chi connectivity index (χ1v) is 13.8. The standard InChI is InChI=1S/C28H56O2/c1-5-8-11-14-16-17-19-22-25-28(4,24-21-18-15-12-9-6-2)27(29)30-26-23-20-13-10-7-3/h5-26H2,1-4H3. The molecule has 2 nitrogen and oxygen atoms in total. The molecule has 180 valence electrons. The number of rotatable bonds is 23. The van der Waals surface area contributed by atoms with Gasteiger partial charge in [-0.05, 0) is 26.2 Å². The molecule has 0 fully saturated rings. The third-order valence-corrected chi connectivity index (χ3v) is 6.64. The lowest BCUT2D eigenvalue weighted by atomic mass is 9.79. The highest BCUT2D eigenvalue weighted by molar-refractivity contribution is 5.76. The van der Waals surface area contributed by atoms with Gasteiger partial charge in [-0.15, -0.1) is 0 Å². The zero-order valence-corrected chi connectivity index (χ0v) is 21.4. The van der Waals surface area contributed by atoms with E-state index < -0.39 is 0 Å². The fourth-order valence-electron chi connectivity index (χ4n) is 4.32. The van der Waals surface area contributed by atoms with Crippen molar-refractivity contribution in [2.24, 2.45) is 5.41 Å². The summed E-state index contributed by atoms with van der Waals surface area (Å²) in [7, 11) is 0. The Morgan fingerprint density at radius 1 is 0.533 bits per heavy atom. The fraction of sp³-hybridized carbons (Fsp3) is 0.964. The van der Waals surface area contributed by atoms with Gasteiger partial charge in [0, 0.05) is 0 Å². The molecule has 1 atom stereocenters. The average molecular weight is 425 g/mol. The number of carbonyl (C=O) groups is 1. The SMILES string of the molecule is CCCCCCCCCCC(C)(CCCCCCCC)C(=O)OCCCCCCC. The van der Waals surface area contributed by atoms with Crippen molar-refractivity contribution in [3.63, 3.8) is 0 Å². The van der Waals surface area contributed by atoms with E-state index in [0.717, 1.165) is 19.3 Å². The van der Waals surface area contributed by atoms with Crippen molar-refractivity contribution in [1.82, 2.24) is 0 Å². The highest BCUT2D eigenvalue weighted by Crippen LogP contribution is 2.33. The van der Waals surface area contributed by atoms with E-state index in [4.69, 9.17) is 4.74 Å². The number of unbranched alkanes of at least 4 members (excludes halogenated alkanes) is 16. The summed E-state index contributed by atoms with van der Waals surface area (Å²) in [5, 5.41) is 0. The van der Waals surface area contributed by atoms with Gasteiger partial charge in [0.05, 0.1) is 12.0 Å². The Labute approximate surface area is 190 Å². The average Bonchev–Trinajstić information content (AvgIpc) is 2.74. The van der Waals surface area contributed by atoms with Crippen LogP contribution in [0.2, 0.25) is 0 Å². The molecule has 0 rings (SSSR count). The third-order valence-electron chi connectivity index (χ3n) is 6.64. The molecule has 0 aliphatic carbocycles. The van der Waals surface area contributed by atoms with Gasteiger partial charge in [0.1, 0.15) is 0 Å². The molecule has 0 spiro atoms. The molecule has 0 aliphatic heterocycles. The van der Waals surface area contributed by atoms with Gasteiger partial charge in [-0.1, -0.05) is 136 Å². The van der Waals surface area contributed by atoms with E-state index in [1.165, 1.54) is 116 Å². The summed E-state index contributed by atoms with van der Waals surface area (Å²) >= 11 is 0. The van der Waals surface area contributed by atoms with Crippen molar-refractivity contribution in [1.29, 1.82) is 0 Å². The Morgan fingerprint density at radius 2 is 0.867 bits per heavy atom. The van der Waals surface area contributed by atoms with Crippen LogP contribution in [0.4, 0.5) is 0 Å². The summed E-state index contributed by atoms with van der Waals surface area (Å²) in [6.45, 7) is 9.57. The van der Waals surface area contributed by atoms with Gasteiger partial charge in [-0.25, -0.2) is 0 Å². The first-order chi connectivity index (χ1) is 14.6. The monoisotopic (exact) mass is 424 g/mol. The predicted octanol–water partition coefficient (Wildman–Crippen LogP) is 9.79. The smallest absolute Gasteiger partial charge is 0.311 e. The quantitative estimate of drug-likeness (QED) is 0.120. The maximum absolute atomic E-state index is 12.9. The van der Waals surface area contributed by atoms with Crippen LogP contribution in [0.1, 0.15) is 163 Å². The molecule has 0 saturated carbocycles. The second kappa shape index (κ2) is 21.7. The molecule has 0 bridgehead atoms. The lowest BCUT2D eigenvalue weighted by Crippen LogP contribution is -2.30. The predicted molar refractivity (Wildman–Crippen MR) is 133 cm³/mol. The van der Waals surface area contributed by atoms with Crippen LogP contribution in [0.25, 0.3) is 0 Å². The molecule has 0 N–H and O–H groups in total. The molecule has 0 aromatic carbocycles. The number of esters is 1. The van der Waals surface area contributed by atoms with Crippen molar-refractivity contribution < 1.29 is 9.53 Å². The molecule has 0 amide bonds. The van der Waals surface area contributed by atoms with Crippen molar-refractivity contribution in [3.8, 4) is 0 Å². The molecular formula is C28H56O2. The molecule has 0 aliphatic rings. The Morgan fingerprint density at radius 3 is 1.27 bits per heavy atom. The molecule has 30 heavy (non-hydrogen) atoms. The summed E-state index contributed by atoms with van der Waals surface area (Å²) in [5.74, 6) is 0.0782. The highest BCUT2D eigenvalue weighted by atomic mass is 16.5. The van der Waals surface area contributed by atoms with Gasteiger partial charge in [-0.3, -0.25) is 4.79 Å². The van der Waals surface area contributed by atoms with Gasteiger partial charge >= 0.3 is 5.97 Å². The maximum Gasteiger partial charge on any atom is 0.311 e. The molecule has 0 radical (unpaired) electrons. The molecule has 1 unspecified atom stereocenters. The van der Waals surface area contributed by atoms with Crippen molar-refractivity contribution in [2.45, 2.75) is 163 Å². The molecule has 0 aromatic heterocycles. The second-order valence-electron chi connectivity index (χ2n) is 9.85. The molecule has 0 saturated heterocycles. The minimum absolute atomic E-state index is 0.0782. The number of hydrogen-bond donors (Lipinski definition) is 0. The zero-order valence-electron chi connectivity index (χ0n) is 21.4. The van der Waals surface area contributed by atoms with Crippen molar-refractivity contribution in [2.75, 3.05) is 6.61 Å². The minimum Gasteiger partial charge on any atom is -0.465 e. The summed E-state index contributed by atoms with van der Waals surface area (Å²) in [5.41, 5.74) is -0.267. The van der Waals surface area contributed by atoms with Crippen LogP contribution in [0.15, 0.2) is 0 Å². The Hall–Kier alpha value is -0.530. The van der Waals surface area contributed by atoms with Gasteiger partial charge in [0.15, 0.2) is 0 Å². The number of carbonyl (C=O) groups excluding carboxylic acids is 1. The maximum atomic E-state index is 12.9. The van der Waals surface area contributed by atoms with Crippen LogP contribution < -0.4 is 0 Å². The molecule has 0 aromatic rings. The van der Waals surface area contributed by atoms with Gasteiger partial charge in [-0.2, -0.15) is 0 Å². The number of hydrogen-bond acceptors (Lipinski definition) is 2. The van der Waals surface area contributed by atoms with E-state index in [9.17, 15) is 4.79 Å². The van der Waals surface area contributed by atoms with Crippen LogP contribution in [0.3, 0.4) is 0 Å². The van der Waals surface area contributed by atoms with E-state index in [1.807, 2.05) is 0 Å². The minimum atomic E-state index is -0.267. The first kappa shape index (κ1) is 29.5. The fourth-order valence-corrected chi connectivity index (χ4v) is 4.32. The van der Waals surface area contributed by atoms with E-state index >= 15 is 0 Å². The highest BCUT2D eigenvalue weighted by Gasteiger charge is 2.33. The molecular weight excluding hydrogens is 368 g/mol. The first-order valence-electron chi connectivity index (χ1n) is 13.8. The van der Waals surface area contributed by atoms with Crippen molar-refractivity contribution in [3.05, 3.63) is 0 Å². The van der Waals surface area contributed by atoms with Crippen LogP contribution in [0.5, 0.6) is 0 Å². The van der Waals surface area contributed by atoms with Crippen LogP contribution in [-0.4, -0.2) is 12.6 Å². The van der Waals surface area contributed by atoms with E-state index in [1.54, 1.807) is 0 Å². The van der Waals surface area contributed by atoms with E-state index in [-0.39, 0.29) is 11.4 Å². The molecule has 2 heteroatoms. The summed E-state index contributed by atoms with van der Waals surface area (Å²) in [6, 6.07) is 0. The number of ether oxygens (including phenoxy) is 1. The van der Waals surface area contributed by atoms with Crippen LogP contribution >= 0.6 is 0 Å². The van der Waals surface area contributed by atoms with Gasteiger partial charge in [0.25, 0.3) is 0 Å². The van der Waals surface area contributed by atoms with E-state index in [2.05, 4.69) is 27.7 Å². The lowest BCUT2D eigenvalue weighted by molar-refractivity contribution is -0.156. The normalized spacial score (nSPS) is 13.3. The summed E-state index contributed by atoms with van der Waals surface area (Å²) in [4.78, 5) is 12.9. The second-order valence-corrected chi connectivity index (χ2v) is 9.85. The largest absolute Gasteiger partial charge is 0.465 e. The zero-order chi connectivity index (χ0) is 22.3. The Balaban J connectivity index is 4.26. The van der Waals surface area contributed by atoms with Gasteiger partial charge < -0.3 is 4.74 Å². The summed E-state index contributed by atoms with van der Waals surface area (Å²) < 4.78 is 5.77. The van der Waals surface area contributed by atoms with Crippen LogP contribution in [-0.2, 0) is 9.53 Å².